The Kier molecular flexibility index (Phi) is 2.33. The standard InChI is InChI=1S/C11H16N2O/c1-8-6-11(14)7-13(8)10-4-2-9(12)3-5-10/h2-5,8,11,14H,6-7,12H2,1H3. The Morgan fingerprint density at radius 1 is 1.36 bits per heavy atom. The van der Waals surface area contributed by atoms with Crippen molar-refractivity contribution < 1.29 is 5.11 Å². The molecule has 0 radical (unpaired) electrons. The van der Waals surface area contributed by atoms with E-state index in [4.69, 9.17) is 5.73 Å². The van der Waals surface area contributed by atoms with Crippen molar-refractivity contribution in [2.24, 2.45) is 0 Å². The van der Waals surface area contributed by atoms with E-state index in [1.54, 1.807) is 0 Å². The minimum Gasteiger partial charge on any atom is -0.399 e. The number of aliphatic hydroxyl groups is 1. The number of rotatable bonds is 1. The lowest BCUT2D eigenvalue weighted by atomic mass is 10.2. The van der Waals surface area contributed by atoms with Gasteiger partial charge in [-0.3, -0.25) is 0 Å². The first kappa shape index (κ1) is 9.34. The predicted molar refractivity (Wildman–Crippen MR) is 58.3 cm³/mol. The van der Waals surface area contributed by atoms with Gasteiger partial charge in [0.05, 0.1) is 6.10 Å². The number of anilines is 2. The molecular weight excluding hydrogens is 176 g/mol. The topological polar surface area (TPSA) is 49.5 Å². The third-order valence-corrected chi connectivity index (χ3v) is 2.78. The van der Waals surface area contributed by atoms with E-state index in [1.165, 1.54) is 0 Å². The molecule has 14 heavy (non-hydrogen) atoms. The van der Waals surface area contributed by atoms with E-state index in [0.717, 1.165) is 24.3 Å². The molecule has 2 atom stereocenters. The second-order valence-corrected chi connectivity index (χ2v) is 3.98. The van der Waals surface area contributed by atoms with E-state index in [9.17, 15) is 5.11 Å². The van der Waals surface area contributed by atoms with Gasteiger partial charge in [-0.25, -0.2) is 0 Å². The number of benzene rings is 1. The molecule has 1 saturated heterocycles. The van der Waals surface area contributed by atoms with Gasteiger partial charge < -0.3 is 15.7 Å². The Hall–Kier alpha value is -1.22. The molecular formula is C11H16N2O. The highest BCUT2D eigenvalue weighted by Crippen LogP contribution is 2.25. The average Bonchev–Trinajstić information content (AvgIpc) is 2.47. The molecule has 76 valence electrons. The van der Waals surface area contributed by atoms with Gasteiger partial charge in [-0.05, 0) is 37.6 Å². The summed E-state index contributed by atoms with van der Waals surface area (Å²) in [5.74, 6) is 0. The number of hydrogen-bond acceptors (Lipinski definition) is 3. The van der Waals surface area contributed by atoms with E-state index >= 15 is 0 Å². The Bertz CT molecular complexity index is 310. The van der Waals surface area contributed by atoms with Crippen molar-refractivity contribution in [1.29, 1.82) is 0 Å². The normalized spacial score (nSPS) is 26.9. The van der Waals surface area contributed by atoms with E-state index < -0.39 is 0 Å². The van der Waals surface area contributed by atoms with Gasteiger partial charge in [0.25, 0.3) is 0 Å². The summed E-state index contributed by atoms with van der Waals surface area (Å²) in [6.45, 7) is 2.86. The zero-order chi connectivity index (χ0) is 10.1. The SMILES string of the molecule is CC1CC(O)CN1c1ccc(N)cc1. The maximum Gasteiger partial charge on any atom is 0.0734 e. The van der Waals surface area contributed by atoms with Crippen LogP contribution in [0.25, 0.3) is 0 Å². The second kappa shape index (κ2) is 3.50. The van der Waals surface area contributed by atoms with Crippen LogP contribution in [0.1, 0.15) is 13.3 Å². The maximum atomic E-state index is 9.52. The van der Waals surface area contributed by atoms with Crippen LogP contribution in [0, 0.1) is 0 Å². The van der Waals surface area contributed by atoms with Gasteiger partial charge in [-0.2, -0.15) is 0 Å². The van der Waals surface area contributed by atoms with E-state index in [0.29, 0.717) is 6.04 Å². The van der Waals surface area contributed by atoms with Gasteiger partial charge in [-0.15, -0.1) is 0 Å². The van der Waals surface area contributed by atoms with Crippen LogP contribution in [0.15, 0.2) is 24.3 Å². The van der Waals surface area contributed by atoms with Gasteiger partial charge in [0.15, 0.2) is 0 Å². The Morgan fingerprint density at radius 2 is 2.00 bits per heavy atom. The Morgan fingerprint density at radius 3 is 2.50 bits per heavy atom. The van der Waals surface area contributed by atoms with E-state index in [2.05, 4.69) is 11.8 Å². The third kappa shape index (κ3) is 1.68. The Labute approximate surface area is 84.1 Å². The van der Waals surface area contributed by atoms with Crippen LogP contribution >= 0.6 is 0 Å². The second-order valence-electron chi connectivity index (χ2n) is 3.98. The molecule has 2 rings (SSSR count). The van der Waals surface area contributed by atoms with Crippen LogP contribution in [0.2, 0.25) is 0 Å². The summed E-state index contributed by atoms with van der Waals surface area (Å²) in [7, 11) is 0. The number of nitrogens with two attached hydrogens (primary N) is 1. The van der Waals surface area contributed by atoms with Crippen LogP contribution in [0.4, 0.5) is 11.4 Å². The van der Waals surface area contributed by atoms with Crippen LogP contribution in [-0.4, -0.2) is 23.8 Å². The number of nitrogens with zero attached hydrogens (tertiary/aromatic N) is 1. The fourth-order valence-electron chi connectivity index (χ4n) is 2.03. The molecule has 3 nitrogen and oxygen atoms in total. The molecule has 0 amide bonds. The molecule has 0 aromatic heterocycles. The highest BCUT2D eigenvalue weighted by molar-refractivity contribution is 5.54. The zero-order valence-corrected chi connectivity index (χ0v) is 8.35. The van der Waals surface area contributed by atoms with Crippen molar-refractivity contribution in [3.63, 3.8) is 0 Å². The summed E-state index contributed by atoms with van der Waals surface area (Å²) in [5, 5.41) is 9.52. The quantitative estimate of drug-likeness (QED) is 0.658. The highest BCUT2D eigenvalue weighted by atomic mass is 16.3. The molecule has 1 aromatic rings. The lowest BCUT2D eigenvalue weighted by molar-refractivity contribution is 0.195. The summed E-state index contributed by atoms with van der Waals surface area (Å²) >= 11 is 0. The molecule has 1 aliphatic rings. The lowest BCUT2D eigenvalue weighted by Crippen LogP contribution is -2.27. The zero-order valence-electron chi connectivity index (χ0n) is 8.35. The first-order valence-corrected chi connectivity index (χ1v) is 4.97. The minimum absolute atomic E-state index is 0.192. The molecule has 1 heterocycles. The van der Waals surface area contributed by atoms with E-state index in [1.807, 2.05) is 24.3 Å². The van der Waals surface area contributed by atoms with Crippen LogP contribution in [0.5, 0.6) is 0 Å². The predicted octanol–water partition coefficient (Wildman–Crippen LogP) is 1.23. The van der Waals surface area contributed by atoms with Crippen molar-refractivity contribution in [1.82, 2.24) is 0 Å². The molecule has 1 fully saturated rings. The fourth-order valence-corrected chi connectivity index (χ4v) is 2.03. The first-order chi connectivity index (χ1) is 6.66. The monoisotopic (exact) mass is 192 g/mol. The molecule has 0 spiro atoms. The molecule has 1 aromatic carbocycles. The number of hydrogen-bond donors (Lipinski definition) is 2. The van der Waals surface area contributed by atoms with Crippen molar-refractivity contribution >= 4 is 11.4 Å². The summed E-state index contributed by atoms with van der Waals surface area (Å²) < 4.78 is 0. The number of aliphatic hydroxyl groups excluding tert-OH is 1. The summed E-state index contributed by atoms with van der Waals surface area (Å²) in [5.41, 5.74) is 7.54. The maximum absolute atomic E-state index is 9.52. The summed E-state index contributed by atoms with van der Waals surface area (Å²) in [4.78, 5) is 2.21. The number of β-amino-alcohol motifs (C(OH)–C–C–N with tert-alkyl or cyclic N) is 1. The van der Waals surface area contributed by atoms with Gasteiger partial charge in [0.2, 0.25) is 0 Å². The molecule has 3 heteroatoms. The van der Waals surface area contributed by atoms with Gasteiger partial charge in [-0.1, -0.05) is 0 Å². The fraction of sp³-hybridized carbons (Fsp3) is 0.455. The van der Waals surface area contributed by atoms with Gasteiger partial charge in [0, 0.05) is 24.0 Å². The largest absolute Gasteiger partial charge is 0.399 e. The molecule has 1 aliphatic heterocycles. The van der Waals surface area contributed by atoms with Crippen molar-refractivity contribution in [2.45, 2.75) is 25.5 Å². The number of nitrogen functional groups attached to an aromatic ring is 1. The minimum atomic E-state index is -0.192. The highest BCUT2D eigenvalue weighted by Gasteiger charge is 2.27. The average molecular weight is 192 g/mol. The van der Waals surface area contributed by atoms with Crippen molar-refractivity contribution in [2.75, 3.05) is 17.2 Å². The summed E-state index contributed by atoms with van der Waals surface area (Å²) in [6, 6.07) is 8.21. The van der Waals surface area contributed by atoms with E-state index in [-0.39, 0.29) is 6.10 Å². The van der Waals surface area contributed by atoms with Gasteiger partial charge in [0.1, 0.15) is 0 Å². The van der Waals surface area contributed by atoms with Crippen LogP contribution < -0.4 is 10.6 Å². The molecule has 0 bridgehead atoms. The van der Waals surface area contributed by atoms with Crippen molar-refractivity contribution in [3.05, 3.63) is 24.3 Å². The van der Waals surface area contributed by atoms with Crippen LogP contribution in [0.3, 0.4) is 0 Å². The molecule has 3 N–H and O–H groups in total. The summed E-state index contributed by atoms with van der Waals surface area (Å²) in [6.07, 6.45) is 0.659. The van der Waals surface area contributed by atoms with Gasteiger partial charge >= 0.3 is 0 Å². The third-order valence-electron chi connectivity index (χ3n) is 2.78. The lowest BCUT2D eigenvalue weighted by Gasteiger charge is -2.23. The molecule has 0 saturated carbocycles. The molecule has 2 unspecified atom stereocenters. The Balaban J connectivity index is 2.19. The first-order valence-electron chi connectivity index (χ1n) is 4.97. The molecule has 0 aliphatic carbocycles. The smallest absolute Gasteiger partial charge is 0.0734 e. The van der Waals surface area contributed by atoms with Crippen LogP contribution in [-0.2, 0) is 0 Å². The van der Waals surface area contributed by atoms with Crippen molar-refractivity contribution in [3.8, 4) is 0 Å².